The van der Waals surface area contributed by atoms with Crippen molar-refractivity contribution in [2.45, 2.75) is 6.54 Å². The molecule has 3 nitrogen and oxygen atoms in total. The number of hydrogen-bond donors (Lipinski definition) is 2. The van der Waals surface area contributed by atoms with Crippen LogP contribution in [0.5, 0.6) is 0 Å². The molecule has 2 amide bonds. The Morgan fingerprint density at radius 2 is 1.63 bits per heavy atom. The molecule has 0 fully saturated rings. The topological polar surface area (TPSA) is 41.1 Å². The van der Waals surface area contributed by atoms with Gasteiger partial charge in [0.2, 0.25) is 0 Å². The van der Waals surface area contributed by atoms with Gasteiger partial charge < -0.3 is 10.6 Å². The molecule has 5 heteroatoms. The Labute approximate surface area is 109 Å². The van der Waals surface area contributed by atoms with Crippen molar-refractivity contribution in [3.05, 3.63) is 65.7 Å². The van der Waals surface area contributed by atoms with E-state index in [0.29, 0.717) is 11.3 Å². The van der Waals surface area contributed by atoms with Gasteiger partial charge in [-0.1, -0.05) is 18.2 Å². The normalized spacial score (nSPS) is 10.0. The summed E-state index contributed by atoms with van der Waals surface area (Å²) in [5.74, 6) is -1.33. The Morgan fingerprint density at radius 3 is 2.26 bits per heavy atom. The Morgan fingerprint density at radius 1 is 1.00 bits per heavy atom. The van der Waals surface area contributed by atoms with Crippen molar-refractivity contribution in [1.29, 1.82) is 0 Å². The van der Waals surface area contributed by atoms with E-state index in [1.807, 2.05) is 6.07 Å². The third-order valence-electron chi connectivity index (χ3n) is 2.41. The molecule has 0 heterocycles. The molecule has 0 atom stereocenters. The Balaban J connectivity index is 1.90. The monoisotopic (exact) mass is 262 g/mol. The number of urea groups is 1. The molecule has 2 aromatic rings. The van der Waals surface area contributed by atoms with Crippen molar-refractivity contribution in [1.82, 2.24) is 5.32 Å². The van der Waals surface area contributed by atoms with E-state index in [9.17, 15) is 13.6 Å². The number of halogens is 2. The van der Waals surface area contributed by atoms with E-state index in [-0.39, 0.29) is 6.54 Å². The second-order valence-corrected chi connectivity index (χ2v) is 3.95. The molecule has 19 heavy (non-hydrogen) atoms. The average molecular weight is 262 g/mol. The van der Waals surface area contributed by atoms with Gasteiger partial charge in [0.05, 0.1) is 0 Å². The summed E-state index contributed by atoms with van der Waals surface area (Å²) in [5, 5.41) is 5.12. The molecule has 0 saturated carbocycles. The van der Waals surface area contributed by atoms with Gasteiger partial charge in [-0.05, 0) is 29.8 Å². The van der Waals surface area contributed by atoms with Crippen LogP contribution in [-0.4, -0.2) is 6.03 Å². The summed E-state index contributed by atoms with van der Waals surface area (Å²) in [4.78, 5) is 11.5. The zero-order chi connectivity index (χ0) is 13.7. The van der Waals surface area contributed by atoms with Crippen LogP contribution in [0, 0.1) is 11.6 Å². The van der Waals surface area contributed by atoms with Crippen molar-refractivity contribution < 1.29 is 13.6 Å². The number of benzene rings is 2. The number of para-hydroxylation sites is 1. The highest BCUT2D eigenvalue weighted by atomic mass is 19.1. The predicted molar refractivity (Wildman–Crippen MR) is 68.7 cm³/mol. The first-order valence-corrected chi connectivity index (χ1v) is 5.68. The standard InChI is InChI=1S/C14H12F2N2O/c15-11-6-10(7-12(16)8-11)9-17-14(19)18-13-4-2-1-3-5-13/h1-8H,9H2,(H2,17,18,19). The molecule has 0 aliphatic rings. The lowest BCUT2D eigenvalue weighted by molar-refractivity contribution is 0.251. The zero-order valence-corrected chi connectivity index (χ0v) is 9.99. The van der Waals surface area contributed by atoms with Gasteiger partial charge in [0.1, 0.15) is 11.6 Å². The maximum atomic E-state index is 12.9. The third kappa shape index (κ3) is 4.06. The smallest absolute Gasteiger partial charge is 0.319 e. The fourth-order valence-corrected chi connectivity index (χ4v) is 1.59. The van der Waals surface area contributed by atoms with Crippen LogP contribution in [-0.2, 0) is 6.54 Å². The van der Waals surface area contributed by atoms with Gasteiger partial charge in [-0.15, -0.1) is 0 Å². The van der Waals surface area contributed by atoms with Crippen molar-refractivity contribution in [2.24, 2.45) is 0 Å². The number of rotatable bonds is 3. The predicted octanol–water partition coefficient (Wildman–Crippen LogP) is 3.29. The summed E-state index contributed by atoms with van der Waals surface area (Å²) in [6.07, 6.45) is 0. The maximum Gasteiger partial charge on any atom is 0.319 e. The summed E-state index contributed by atoms with van der Waals surface area (Å²) < 4.78 is 25.9. The van der Waals surface area contributed by atoms with Crippen LogP contribution in [0.1, 0.15) is 5.56 Å². The first kappa shape index (κ1) is 13.0. The summed E-state index contributed by atoms with van der Waals surface area (Å²) in [6, 6.07) is 11.6. The molecule has 0 unspecified atom stereocenters. The van der Waals surface area contributed by atoms with Crippen LogP contribution < -0.4 is 10.6 Å². The molecule has 0 saturated heterocycles. The average Bonchev–Trinajstić information content (AvgIpc) is 2.36. The van der Waals surface area contributed by atoms with E-state index < -0.39 is 17.7 Å². The maximum absolute atomic E-state index is 12.9. The fraction of sp³-hybridized carbons (Fsp3) is 0.0714. The molecule has 2 aromatic carbocycles. The second-order valence-electron chi connectivity index (χ2n) is 3.95. The molecule has 2 N–H and O–H groups in total. The van der Waals surface area contributed by atoms with Gasteiger partial charge in [-0.3, -0.25) is 0 Å². The lowest BCUT2D eigenvalue weighted by Gasteiger charge is -2.07. The van der Waals surface area contributed by atoms with Gasteiger partial charge in [0, 0.05) is 18.3 Å². The highest BCUT2D eigenvalue weighted by Gasteiger charge is 2.04. The van der Waals surface area contributed by atoms with Gasteiger partial charge in [-0.2, -0.15) is 0 Å². The minimum absolute atomic E-state index is 0.0490. The minimum Gasteiger partial charge on any atom is -0.334 e. The van der Waals surface area contributed by atoms with Crippen LogP contribution in [0.15, 0.2) is 48.5 Å². The first-order valence-electron chi connectivity index (χ1n) is 5.68. The number of nitrogens with one attached hydrogen (secondary N) is 2. The molecule has 0 aromatic heterocycles. The van der Waals surface area contributed by atoms with Gasteiger partial charge in [0.25, 0.3) is 0 Å². The lowest BCUT2D eigenvalue weighted by Crippen LogP contribution is -2.28. The van der Waals surface area contributed by atoms with E-state index in [4.69, 9.17) is 0 Å². The highest BCUT2D eigenvalue weighted by molar-refractivity contribution is 5.89. The van der Waals surface area contributed by atoms with Gasteiger partial charge in [0.15, 0.2) is 0 Å². The number of carbonyl (C=O) groups is 1. The van der Waals surface area contributed by atoms with Crippen LogP contribution in [0.2, 0.25) is 0 Å². The third-order valence-corrected chi connectivity index (χ3v) is 2.41. The molecule has 0 bridgehead atoms. The summed E-state index contributed by atoms with van der Waals surface area (Å²) in [5.41, 5.74) is 1.01. The molecule has 0 aliphatic heterocycles. The fourth-order valence-electron chi connectivity index (χ4n) is 1.59. The van der Waals surface area contributed by atoms with Crippen molar-refractivity contribution in [3.8, 4) is 0 Å². The highest BCUT2D eigenvalue weighted by Crippen LogP contribution is 2.08. The van der Waals surface area contributed by atoms with E-state index in [1.165, 1.54) is 12.1 Å². The number of hydrogen-bond acceptors (Lipinski definition) is 1. The molecule has 2 rings (SSSR count). The Bertz CT molecular complexity index is 553. The molecular weight excluding hydrogens is 250 g/mol. The largest absolute Gasteiger partial charge is 0.334 e. The lowest BCUT2D eigenvalue weighted by atomic mass is 10.2. The Kier molecular flexibility index (Phi) is 4.07. The second kappa shape index (κ2) is 5.95. The summed E-state index contributed by atoms with van der Waals surface area (Å²) in [6.45, 7) is 0.0490. The number of amides is 2. The van der Waals surface area contributed by atoms with Crippen molar-refractivity contribution >= 4 is 11.7 Å². The number of carbonyl (C=O) groups excluding carboxylic acids is 1. The van der Waals surface area contributed by atoms with E-state index in [2.05, 4.69) is 10.6 Å². The van der Waals surface area contributed by atoms with Crippen LogP contribution >= 0.6 is 0 Å². The van der Waals surface area contributed by atoms with Crippen LogP contribution in [0.4, 0.5) is 19.3 Å². The molecule has 0 radical (unpaired) electrons. The number of anilines is 1. The summed E-state index contributed by atoms with van der Waals surface area (Å²) in [7, 11) is 0. The van der Waals surface area contributed by atoms with E-state index in [1.54, 1.807) is 24.3 Å². The van der Waals surface area contributed by atoms with Gasteiger partial charge in [-0.25, -0.2) is 13.6 Å². The van der Waals surface area contributed by atoms with Crippen LogP contribution in [0.3, 0.4) is 0 Å². The van der Waals surface area contributed by atoms with E-state index in [0.717, 1.165) is 6.07 Å². The molecular formula is C14H12F2N2O. The van der Waals surface area contributed by atoms with Gasteiger partial charge >= 0.3 is 6.03 Å². The molecule has 0 spiro atoms. The van der Waals surface area contributed by atoms with Crippen LogP contribution in [0.25, 0.3) is 0 Å². The Hall–Kier alpha value is -2.43. The van der Waals surface area contributed by atoms with Crippen molar-refractivity contribution in [3.63, 3.8) is 0 Å². The summed E-state index contributed by atoms with van der Waals surface area (Å²) >= 11 is 0. The minimum atomic E-state index is -0.666. The quantitative estimate of drug-likeness (QED) is 0.875. The SMILES string of the molecule is O=C(NCc1cc(F)cc(F)c1)Nc1ccccc1. The van der Waals surface area contributed by atoms with E-state index >= 15 is 0 Å². The molecule has 0 aliphatic carbocycles. The zero-order valence-electron chi connectivity index (χ0n) is 9.99. The molecule has 98 valence electrons. The first-order chi connectivity index (χ1) is 9.13. The van der Waals surface area contributed by atoms with Crippen molar-refractivity contribution in [2.75, 3.05) is 5.32 Å².